The summed E-state index contributed by atoms with van der Waals surface area (Å²) in [6.45, 7) is 6.24. The van der Waals surface area contributed by atoms with Crippen molar-refractivity contribution in [1.29, 1.82) is 0 Å². The summed E-state index contributed by atoms with van der Waals surface area (Å²) in [5.41, 5.74) is -0.239. The van der Waals surface area contributed by atoms with Crippen molar-refractivity contribution in [2.75, 3.05) is 13.1 Å². The third-order valence-electron chi connectivity index (χ3n) is 2.56. The summed E-state index contributed by atoms with van der Waals surface area (Å²) in [5.74, 6) is -3.89. The van der Waals surface area contributed by atoms with E-state index < -0.39 is 29.1 Å². The van der Waals surface area contributed by atoms with E-state index in [1.165, 1.54) is 0 Å². The normalized spacial score (nSPS) is 11.7. The second kappa shape index (κ2) is 8.57. The van der Waals surface area contributed by atoms with Crippen molar-refractivity contribution in [2.45, 2.75) is 32.9 Å². The zero-order chi connectivity index (χ0) is 17.5. The molecule has 0 aliphatic carbocycles. The van der Waals surface area contributed by atoms with Gasteiger partial charge in [-0.05, 0) is 38.5 Å². The molecular weight excluding hydrogens is 309 g/mol. The Bertz CT molecular complexity index is 546. The Hall–Kier alpha value is -2.02. The van der Waals surface area contributed by atoms with Crippen LogP contribution in [0, 0.1) is 17.5 Å². The van der Waals surface area contributed by atoms with E-state index in [4.69, 9.17) is 4.74 Å². The van der Waals surface area contributed by atoms with Crippen molar-refractivity contribution in [3.63, 3.8) is 0 Å². The van der Waals surface area contributed by atoms with Crippen LogP contribution in [0.1, 0.15) is 26.3 Å². The van der Waals surface area contributed by atoms with Gasteiger partial charge < -0.3 is 15.4 Å². The molecule has 2 N–H and O–H groups in total. The third-order valence-corrected chi connectivity index (χ3v) is 2.56. The quantitative estimate of drug-likeness (QED) is 0.478. The lowest BCUT2D eigenvalue weighted by Gasteiger charge is -2.19. The largest absolute Gasteiger partial charge is 0.444 e. The van der Waals surface area contributed by atoms with Crippen LogP contribution in [0.5, 0.6) is 0 Å². The molecule has 0 aliphatic heterocycles. The molecule has 1 aromatic carbocycles. The van der Waals surface area contributed by atoms with Crippen LogP contribution in [0.25, 0.3) is 0 Å². The minimum absolute atomic E-state index is 0.192. The van der Waals surface area contributed by atoms with E-state index in [9.17, 15) is 18.0 Å². The van der Waals surface area contributed by atoms with Gasteiger partial charge in [-0.2, -0.15) is 0 Å². The molecule has 1 amide bonds. The van der Waals surface area contributed by atoms with E-state index >= 15 is 0 Å². The number of alkyl carbamates (subject to hydrolysis) is 1. The van der Waals surface area contributed by atoms with Gasteiger partial charge in [0.15, 0.2) is 17.5 Å². The summed E-state index contributed by atoms with van der Waals surface area (Å²) in [7, 11) is 0. The molecular formula is C16H21F3N2O2. The molecule has 23 heavy (non-hydrogen) atoms. The molecule has 7 heteroatoms. The van der Waals surface area contributed by atoms with Gasteiger partial charge in [0.05, 0.1) is 0 Å². The number of amides is 1. The van der Waals surface area contributed by atoms with Gasteiger partial charge in [-0.1, -0.05) is 12.2 Å². The number of halogens is 3. The minimum Gasteiger partial charge on any atom is -0.444 e. The van der Waals surface area contributed by atoms with E-state index in [0.29, 0.717) is 18.7 Å². The molecule has 128 valence electrons. The van der Waals surface area contributed by atoms with Crippen LogP contribution in [0.2, 0.25) is 0 Å². The molecule has 0 heterocycles. The molecule has 0 fully saturated rings. The van der Waals surface area contributed by atoms with E-state index in [0.717, 1.165) is 12.1 Å². The molecule has 0 atom stereocenters. The highest BCUT2D eigenvalue weighted by Gasteiger charge is 2.15. The molecule has 1 aromatic rings. The Morgan fingerprint density at radius 1 is 1.13 bits per heavy atom. The number of carbonyl (C=O) groups excluding carboxylic acids is 1. The Morgan fingerprint density at radius 3 is 2.26 bits per heavy atom. The lowest BCUT2D eigenvalue weighted by atomic mass is 10.2. The summed E-state index contributed by atoms with van der Waals surface area (Å²) in [4.78, 5) is 11.3. The van der Waals surface area contributed by atoms with Crippen LogP contribution >= 0.6 is 0 Å². The Balaban J connectivity index is 2.24. The lowest BCUT2D eigenvalue weighted by molar-refractivity contribution is 0.0534. The van der Waals surface area contributed by atoms with Crippen molar-refractivity contribution >= 4 is 6.09 Å². The highest BCUT2D eigenvalue weighted by molar-refractivity contribution is 5.67. The second-order valence-electron chi connectivity index (χ2n) is 5.86. The first-order valence-corrected chi connectivity index (χ1v) is 7.15. The molecule has 1 rings (SSSR count). The molecule has 0 saturated carbocycles. The van der Waals surface area contributed by atoms with E-state index in [-0.39, 0.29) is 6.54 Å². The number of benzene rings is 1. The van der Waals surface area contributed by atoms with Gasteiger partial charge in [-0.3, -0.25) is 0 Å². The van der Waals surface area contributed by atoms with E-state index in [1.807, 2.05) is 0 Å². The summed E-state index contributed by atoms with van der Waals surface area (Å²) in [6, 6.07) is 1.89. The first-order valence-electron chi connectivity index (χ1n) is 7.15. The monoisotopic (exact) mass is 330 g/mol. The Morgan fingerprint density at radius 2 is 1.70 bits per heavy atom. The molecule has 0 bridgehead atoms. The second-order valence-corrected chi connectivity index (χ2v) is 5.86. The molecule has 0 aromatic heterocycles. The Kier molecular flexibility index (Phi) is 7.09. The van der Waals surface area contributed by atoms with Crippen LogP contribution in [0.15, 0.2) is 24.3 Å². The molecule has 0 spiro atoms. The average molecular weight is 330 g/mol. The topological polar surface area (TPSA) is 50.4 Å². The van der Waals surface area contributed by atoms with Crippen LogP contribution in [-0.2, 0) is 11.3 Å². The van der Waals surface area contributed by atoms with Crippen LogP contribution < -0.4 is 10.6 Å². The van der Waals surface area contributed by atoms with Crippen LogP contribution in [0.4, 0.5) is 18.0 Å². The number of carbonyl (C=O) groups is 1. The maximum atomic E-state index is 13.0. The van der Waals surface area contributed by atoms with E-state index in [2.05, 4.69) is 10.6 Å². The van der Waals surface area contributed by atoms with Gasteiger partial charge in [0.2, 0.25) is 0 Å². The molecule has 0 saturated heterocycles. The smallest absolute Gasteiger partial charge is 0.407 e. The molecule has 0 unspecified atom stereocenters. The van der Waals surface area contributed by atoms with Gasteiger partial charge in [-0.15, -0.1) is 0 Å². The van der Waals surface area contributed by atoms with Crippen molar-refractivity contribution in [3.8, 4) is 0 Å². The third kappa shape index (κ3) is 7.69. The van der Waals surface area contributed by atoms with Gasteiger partial charge in [0, 0.05) is 19.6 Å². The van der Waals surface area contributed by atoms with Crippen molar-refractivity contribution in [2.24, 2.45) is 0 Å². The van der Waals surface area contributed by atoms with Crippen molar-refractivity contribution in [1.82, 2.24) is 10.6 Å². The average Bonchev–Trinajstić information content (AvgIpc) is 2.41. The predicted molar refractivity (Wildman–Crippen MR) is 81.4 cm³/mol. The van der Waals surface area contributed by atoms with Crippen LogP contribution in [0.3, 0.4) is 0 Å². The lowest BCUT2D eigenvalue weighted by Crippen LogP contribution is -2.32. The number of hydrogen-bond donors (Lipinski definition) is 2. The highest BCUT2D eigenvalue weighted by atomic mass is 19.2. The van der Waals surface area contributed by atoms with Crippen LogP contribution in [-0.4, -0.2) is 24.8 Å². The SMILES string of the molecule is CC(C)(C)OC(=O)NC/C=C/CNCc1cc(F)c(F)c(F)c1. The first-order chi connectivity index (χ1) is 10.7. The zero-order valence-electron chi connectivity index (χ0n) is 13.4. The van der Waals surface area contributed by atoms with Gasteiger partial charge in [0.25, 0.3) is 0 Å². The summed E-state index contributed by atoms with van der Waals surface area (Å²) in [5, 5.41) is 5.47. The molecule has 0 radical (unpaired) electrons. The van der Waals surface area contributed by atoms with Crippen molar-refractivity contribution < 1.29 is 22.7 Å². The number of hydrogen-bond acceptors (Lipinski definition) is 3. The molecule has 0 aliphatic rings. The first kappa shape index (κ1) is 19.0. The number of nitrogens with one attached hydrogen (secondary N) is 2. The highest BCUT2D eigenvalue weighted by Crippen LogP contribution is 2.13. The maximum Gasteiger partial charge on any atom is 0.407 e. The predicted octanol–water partition coefficient (Wildman–Crippen LogP) is 3.27. The summed E-state index contributed by atoms with van der Waals surface area (Å²) in [6.07, 6.45) is 2.95. The Labute approximate surface area is 133 Å². The van der Waals surface area contributed by atoms with Gasteiger partial charge >= 0.3 is 6.09 Å². The fourth-order valence-corrected chi connectivity index (χ4v) is 1.63. The molecule has 4 nitrogen and oxygen atoms in total. The maximum absolute atomic E-state index is 13.0. The fourth-order valence-electron chi connectivity index (χ4n) is 1.63. The van der Waals surface area contributed by atoms with Gasteiger partial charge in [-0.25, -0.2) is 18.0 Å². The van der Waals surface area contributed by atoms with Crippen molar-refractivity contribution in [3.05, 3.63) is 47.3 Å². The fraction of sp³-hybridized carbons (Fsp3) is 0.438. The minimum atomic E-state index is -1.47. The summed E-state index contributed by atoms with van der Waals surface area (Å²) < 4.78 is 43.8. The zero-order valence-corrected chi connectivity index (χ0v) is 13.4. The van der Waals surface area contributed by atoms with E-state index in [1.54, 1.807) is 32.9 Å². The number of ether oxygens (including phenoxy) is 1. The standard InChI is InChI=1S/C16H21F3N2O2/c1-16(2,3)23-15(22)21-7-5-4-6-20-10-11-8-12(17)14(19)13(18)9-11/h4-5,8-9,20H,6-7,10H2,1-3H3,(H,21,22)/b5-4+. The van der Waals surface area contributed by atoms with Gasteiger partial charge in [0.1, 0.15) is 5.60 Å². The number of rotatable bonds is 6. The summed E-state index contributed by atoms with van der Waals surface area (Å²) >= 11 is 0.